The number of carbonyl (C=O) groups excluding carboxylic acids is 3. The number of benzene rings is 1. The maximum Gasteiger partial charge on any atom is 0.405 e. The molecule has 0 spiro atoms. The molecule has 2 N–H and O–H groups in total. The molecule has 0 unspecified atom stereocenters. The minimum Gasteiger partial charge on any atom is -0.481 e. The van der Waals surface area contributed by atoms with Gasteiger partial charge in [0, 0.05) is 0 Å². The number of aryl methyl sites for hydroxylation is 3. The van der Waals surface area contributed by atoms with Gasteiger partial charge in [-0.05, 0) is 31.9 Å². The third kappa shape index (κ3) is 7.86. The number of hydrogen-bond acceptors (Lipinski definition) is 5. The Hall–Kier alpha value is -2.78. The van der Waals surface area contributed by atoms with Crippen LogP contribution in [-0.4, -0.2) is 43.8 Å². The van der Waals surface area contributed by atoms with E-state index in [-0.39, 0.29) is 0 Å². The van der Waals surface area contributed by atoms with Crippen LogP contribution in [0.2, 0.25) is 0 Å². The number of urea groups is 1. The first-order valence-electron chi connectivity index (χ1n) is 7.48. The van der Waals surface area contributed by atoms with Gasteiger partial charge >= 0.3 is 18.2 Å². The molecule has 26 heavy (non-hydrogen) atoms. The lowest BCUT2D eigenvalue weighted by Crippen LogP contribution is -2.44. The molecule has 0 bridgehead atoms. The Balaban J connectivity index is 2.36. The van der Waals surface area contributed by atoms with Gasteiger partial charge in [0.05, 0.1) is 0 Å². The van der Waals surface area contributed by atoms with Crippen molar-refractivity contribution in [3.05, 3.63) is 28.8 Å². The molecular formula is C16H19F3N2O5. The summed E-state index contributed by atoms with van der Waals surface area (Å²) < 4.78 is 45.7. The van der Waals surface area contributed by atoms with Gasteiger partial charge in [-0.2, -0.15) is 13.2 Å². The Morgan fingerprint density at radius 3 is 2.15 bits per heavy atom. The summed E-state index contributed by atoms with van der Waals surface area (Å²) in [7, 11) is 0. The van der Waals surface area contributed by atoms with Crippen molar-refractivity contribution in [1.29, 1.82) is 0 Å². The van der Waals surface area contributed by atoms with E-state index in [1.54, 1.807) is 5.32 Å². The lowest BCUT2D eigenvalue weighted by Gasteiger charge is -2.13. The summed E-state index contributed by atoms with van der Waals surface area (Å²) in [5, 5.41) is 3.04. The second-order valence-electron chi connectivity index (χ2n) is 5.52. The van der Waals surface area contributed by atoms with Crippen LogP contribution in [0.15, 0.2) is 12.1 Å². The van der Waals surface area contributed by atoms with E-state index < -0.39 is 43.8 Å². The summed E-state index contributed by atoms with van der Waals surface area (Å²) >= 11 is 0. The molecule has 0 saturated carbocycles. The SMILES string of the molecule is Cc1cc(C)c(OCC(=O)OCC(=O)NC(=O)NCC(F)(F)F)c(C)c1. The van der Waals surface area contributed by atoms with E-state index in [1.807, 2.05) is 32.9 Å². The molecule has 1 rings (SSSR count). The van der Waals surface area contributed by atoms with Crippen molar-refractivity contribution < 1.29 is 37.0 Å². The standard InChI is InChI=1S/C16H19F3N2O5/c1-9-4-10(2)14(11(3)5-9)26-7-13(23)25-6-12(22)21-15(24)20-8-16(17,18)19/h4-5H,6-8H2,1-3H3,(H2,20,21,22,24). The number of hydrogen-bond donors (Lipinski definition) is 2. The van der Waals surface area contributed by atoms with Crippen LogP contribution < -0.4 is 15.4 Å². The summed E-state index contributed by atoms with van der Waals surface area (Å²) in [5.41, 5.74) is 2.69. The quantitative estimate of drug-likeness (QED) is 0.740. The first kappa shape index (κ1) is 21.3. The molecule has 0 aliphatic rings. The summed E-state index contributed by atoms with van der Waals surface area (Å²) in [6.07, 6.45) is -4.60. The second-order valence-corrected chi connectivity index (χ2v) is 5.52. The topological polar surface area (TPSA) is 93.7 Å². The maximum atomic E-state index is 11.9. The fourth-order valence-electron chi connectivity index (χ4n) is 2.10. The number of rotatable bonds is 6. The zero-order chi connectivity index (χ0) is 19.9. The van der Waals surface area contributed by atoms with Crippen LogP contribution in [0.25, 0.3) is 0 Å². The zero-order valence-electron chi connectivity index (χ0n) is 14.5. The molecule has 1 aromatic carbocycles. The van der Waals surface area contributed by atoms with Crippen molar-refractivity contribution in [2.75, 3.05) is 19.8 Å². The molecule has 144 valence electrons. The minimum atomic E-state index is -4.60. The number of imide groups is 1. The number of halogens is 3. The highest BCUT2D eigenvalue weighted by Crippen LogP contribution is 2.24. The highest BCUT2D eigenvalue weighted by molar-refractivity contribution is 5.95. The molecule has 0 saturated heterocycles. The smallest absolute Gasteiger partial charge is 0.405 e. The molecule has 0 aliphatic carbocycles. The fraction of sp³-hybridized carbons (Fsp3) is 0.438. The Labute approximate surface area is 147 Å². The summed E-state index contributed by atoms with van der Waals surface area (Å²) in [4.78, 5) is 34.0. The number of esters is 1. The van der Waals surface area contributed by atoms with Crippen molar-refractivity contribution in [2.45, 2.75) is 26.9 Å². The lowest BCUT2D eigenvalue weighted by molar-refractivity contribution is -0.150. The Morgan fingerprint density at radius 1 is 1.04 bits per heavy atom. The average molecular weight is 376 g/mol. The first-order valence-corrected chi connectivity index (χ1v) is 7.48. The molecule has 1 aromatic rings. The van der Waals surface area contributed by atoms with Crippen LogP contribution in [0.4, 0.5) is 18.0 Å². The highest BCUT2D eigenvalue weighted by atomic mass is 19.4. The third-order valence-electron chi connectivity index (χ3n) is 3.01. The molecule has 0 heterocycles. The molecule has 0 radical (unpaired) electrons. The zero-order valence-corrected chi connectivity index (χ0v) is 14.5. The molecular weight excluding hydrogens is 357 g/mol. The Kier molecular flexibility index (Phi) is 7.41. The van der Waals surface area contributed by atoms with E-state index in [0.29, 0.717) is 5.75 Å². The number of nitrogens with one attached hydrogen (secondary N) is 2. The van der Waals surface area contributed by atoms with Crippen LogP contribution in [-0.2, 0) is 14.3 Å². The number of carbonyl (C=O) groups is 3. The molecule has 7 nitrogen and oxygen atoms in total. The van der Waals surface area contributed by atoms with Gasteiger partial charge in [0.25, 0.3) is 5.91 Å². The number of amides is 3. The van der Waals surface area contributed by atoms with Gasteiger partial charge in [0.2, 0.25) is 0 Å². The van der Waals surface area contributed by atoms with Gasteiger partial charge < -0.3 is 14.8 Å². The largest absolute Gasteiger partial charge is 0.481 e. The normalized spacial score (nSPS) is 10.8. The summed E-state index contributed by atoms with van der Waals surface area (Å²) in [6.45, 7) is 2.67. The Morgan fingerprint density at radius 2 is 1.62 bits per heavy atom. The van der Waals surface area contributed by atoms with E-state index in [2.05, 4.69) is 4.74 Å². The predicted molar refractivity (Wildman–Crippen MR) is 84.7 cm³/mol. The molecule has 0 aromatic heterocycles. The average Bonchev–Trinajstić information content (AvgIpc) is 2.49. The monoisotopic (exact) mass is 376 g/mol. The van der Waals surface area contributed by atoms with E-state index >= 15 is 0 Å². The summed E-state index contributed by atoms with van der Waals surface area (Å²) in [6, 6.07) is 2.41. The van der Waals surface area contributed by atoms with Crippen molar-refractivity contribution in [2.24, 2.45) is 0 Å². The van der Waals surface area contributed by atoms with Gasteiger partial charge in [-0.25, -0.2) is 9.59 Å². The van der Waals surface area contributed by atoms with Crippen LogP contribution in [0.1, 0.15) is 16.7 Å². The number of ether oxygens (including phenoxy) is 2. The molecule has 0 atom stereocenters. The van der Waals surface area contributed by atoms with Crippen LogP contribution in [0.5, 0.6) is 5.75 Å². The highest BCUT2D eigenvalue weighted by Gasteiger charge is 2.28. The van der Waals surface area contributed by atoms with Crippen LogP contribution in [0, 0.1) is 20.8 Å². The molecule has 10 heteroatoms. The van der Waals surface area contributed by atoms with Crippen molar-refractivity contribution in [3.8, 4) is 5.75 Å². The van der Waals surface area contributed by atoms with E-state index in [1.165, 1.54) is 5.32 Å². The molecule has 0 aliphatic heterocycles. The number of alkyl halides is 3. The van der Waals surface area contributed by atoms with Crippen molar-refractivity contribution in [1.82, 2.24) is 10.6 Å². The maximum absolute atomic E-state index is 11.9. The van der Waals surface area contributed by atoms with E-state index in [4.69, 9.17) is 4.74 Å². The van der Waals surface area contributed by atoms with E-state index in [9.17, 15) is 27.6 Å². The van der Waals surface area contributed by atoms with Gasteiger partial charge in [-0.15, -0.1) is 0 Å². The minimum absolute atomic E-state index is 0.460. The van der Waals surface area contributed by atoms with Crippen molar-refractivity contribution in [3.63, 3.8) is 0 Å². The van der Waals surface area contributed by atoms with Gasteiger partial charge in [-0.3, -0.25) is 10.1 Å². The third-order valence-corrected chi connectivity index (χ3v) is 3.01. The lowest BCUT2D eigenvalue weighted by atomic mass is 10.1. The predicted octanol–water partition coefficient (Wildman–Crippen LogP) is 1.92. The van der Waals surface area contributed by atoms with Gasteiger partial charge in [-0.1, -0.05) is 17.7 Å². The molecule has 0 fully saturated rings. The molecule has 3 amide bonds. The fourth-order valence-corrected chi connectivity index (χ4v) is 2.10. The van der Waals surface area contributed by atoms with Crippen molar-refractivity contribution >= 4 is 17.9 Å². The van der Waals surface area contributed by atoms with E-state index in [0.717, 1.165) is 16.7 Å². The first-order chi connectivity index (χ1) is 12.0. The second kappa shape index (κ2) is 9.07. The Bertz CT molecular complexity index is 666. The summed E-state index contributed by atoms with van der Waals surface area (Å²) in [5.74, 6) is -1.42. The van der Waals surface area contributed by atoms with Gasteiger partial charge in [0.1, 0.15) is 12.3 Å². The van der Waals surface area contributed by atoms with Crippen LogP contribution in [0.3, 0.4) is 0 Å². The van der Waals surface area contributed by atoms with Gasteiger partial charge in [0.15, 0.2) is 13.2 Å². The van der Waals surface area contributed by atoms with Crippen LogP contribution >= 0.6 is 0 Å².